The molecule has 1 saturated heterocycles. The Kier molecular flexibility index (Phi) is 4.88. The molecule has 1 atom stereocenters. The quantitative estimate of drug-likeness (QED) is 0.864. The van der Waals surface area contributed by atoms with Crippen LogP contribution in [0.25, 0.3) is 0 Å². The number of ether oxygens (including phenoxy) is 1. The van der Waals surface area contributed by atoms with Crippen LogP contribution in [0.15, 0.2) is 18.2 Å². The highest BCUT2D eigenvalue weighted by Crippen LogP contribution is 2.24. The zero-order chi connectivity index (χ0) is 14.5. The van der Waals surface area contributed by atoms with Gasteiger partial charge in [0.25, 0.3) is 5.91 Å². The third kappa shape index (κ3) is 3.44. The molecule has 0 radical (unpaired) electrons. The molecule has 2 rings (SSSR count). The van der Waals surface area contributed by atoms with Crippen LogP contribution in [0.1, 0.15) is 43.5 Å². The number of rotatable bonds is 3. The number of nitrogen functional groups attached to an aromatic ring is 1. The molecule has 1 fully saturated rings. The van der Waals surface area contributed by atoms with Gasteiger partial charge < -0.3 is 15.4 Å². The summed E-state index contributed by atoms with van der Waals surface area (Å²) in [6.45, 7) is 6.42. The lowest BCUT2D eigenvalue weighted by Crippen LogP contribution is -2.32. The number of carbonyl (C=O) groups excluding carboxylic acids is 1. The molecule has 4 nitrogen and oxygen atoms in total. The molecule has 0 aromatic heterocycles. The van der Waals surface area contributed by atoms with E-state index in [0.717, 1.165) is 25.9 Å². The predicted octanol–water partition coefficient (Wildman–Crippen LogP) is 2.93. The minimum absolute atomic E-state index is 0.0776. The topological polar surface area (TPSA) is 55.6 Å². The molecule has 1 heterocycles. The summed E-state index contributed by atoms with van der Waals surface area (Å²) in [6.07, 6.45) is 3.37. The molecule has 1 aromatic rings. The maximum absolute atomic E-state index is 12.5. The number of likely N-dealkylation sites (tertiary alicyclic amines) is 1. The number of nitrogens with two attached hydrogens (primary N) is 1. The van der Waals surface area contributed by atoms with Crippen molar-refractivity contribution in [1.82, 2.24) is 4.90 Å². The molecule has 1 amide bonds. The molecule has 1 unspecified atom stereocenters. The van der Waals surface area contributed by atoms with Gasteiger partial charge in [0.05, 0.1) is 12.3 Å². The first-order chi connectivity index (χ1) is 9.61. The number of hydrogen-bond acceptors (Lipinski definition) is 3. The Morgan fingerprint density at radius 1 is 1.40 bits per heavy atom. The first-order valence-electron chi connectivity index (χ1n) is 7.43. The van der Waals surface area contributed by atoms with Gasteiger partial charge in [-0.2, -0.15) is 0 Å². The molecular formula is C16H24N2O2. The van der Waals surface area contributed by atoms with Crippen molar-refractivity contribution in [3.8, 4) is 5.75 Å². The van der Waals surface area contributed by atoms with Crippen molar-refractivity contribution in [2.45, 2.75) is 33.1 Å². The molecule has 4 heteroatoms. The molecule has 20 heavy (non-hydrogen) atoms. The van der Waals surface area contributed by atoms with E-state index in [9.17, 15) is 4.79 Å². The van der Waals surface area contributed by atoms with Gasteiger partial charge in [0.2, 0.25) is 0 Å². The van der Waals surface area contributed by atoms with E-state index in [1.807, 2.05) is 11.8 Å². The smallest absolute Gasteiger partial charge is 0.253 e. The summed E-state index contributed by atoms with van der Waals surface area (Å²) in [6, 6.07) is 5.31. The second-order valence-corrected chi connectivity index (χ2v) is 5.51. The van der Waals surface area contributed by atoms with Gasteiger partial charge in [-0.25, -0.2) is 0 Å². The van der Waals surface area contributed by atoms with Crippen molar-refractivity contribution in [3.05, 3.63) is 23.8 Å². The Bertz CT molecular complexity index is 474. The van der Waals surface area contributed by atoms with E-state index in [2.05, 4.69) is 6.92 Å². The molecule has 0 bridgehead atoms. The fraction of sp³-hybridized carbons (Fsp3) is 0.562. The minimum atomic E-state index is 0.0776. The van der Waals surface area contributed by atoms with Crippen molar-refractivity contribution in [2.24, 2.45) is 5.92 Å². The summed E-state index contributed by atoms with van der Waals surface area (Å²) in [5.41, 5.74) is 7.11. The van der Waals surface area contributed by atoms with E-state index in [-0.39, 0.29) is 5.91 Å². The monoisotopic (exact) mass is 276 g/mol. The lowest BCUT2D eigenvalue weighted by atomic mass is 10.0. The van der Waals surface area contributed by atoms with Crippen LogP contribution in [0.3, 0.4) is 0 Å². The Labute approximate surface area is 120 Å². The van der Waals surface area contributed by atoms with E-state index in [0.29, 0.717) is 29.5 Å². The molecule has 1 aliphatic heterocycles. The van der Waals surface area contributed by atoms with Gasteiger partial charge in [0.1, 0.15) is 5.75 Å². The lowest BCUT2D eigenvalue weighted by molar-refractivity contribution is 0.0760. The highest BCUT2D eigenvalue weighted by Gasteiger charge is 2.20. The van der Waals surface area contributed by atoms with E-state index < -0.39 is 0 Å². The Hall–Kier alpha value is -1.71. The van der Waals surface area contributed by atoms with Crippen LogP contribution >= 0.6 is 0 Å². The first-order valence-corrected chi connectivity index (χ1v) is 7.43. The molecule has 2 N–H and O–H groups in total. The second-order valence-electron chi connectivity index (χ2n) is 5.51. The number of amides is 1. The fourth-order valence-corrected chi connectivity index (χ4v) is 2.62. The van der Waals surface area contributed by atoms with Crippen LogP contribution in [0.2, 0.25) is 0 Å². The van der Waals surface area contributed by atoms with E-state index >= 15 is 0 Å². The molecule has 1 aliphatic rings. The van der Waals surface area contributed by atoms with Gasteiger partial charge in [0.15, 0.2) is 0 Å². The van der Waals surface area contributed by atoms with Crippen LogP contribution < -0.4 is 10.5 Å². The second kappa shape index (κ2) is 6.64. The van der Waals surface area contributed by atoms with E-state index in [1.54, 1.807) is 18.2 Å². The first kappa shape index (κ1) is 14.7. The van der Waals surface area contributed by atoms with Crippen molar-refractivity contribution < 1.29 is 9.53 Å². The van der Waals surface area contributed by atoms with E-state index in [4.69, 9.17) is 10.5 Å². The van der Waals surface area contributed by atoms with Gasteiger partial charge in [0, 0.05) is 18.7 Å². The normalized spacial score (nSPS) is 19.5. The van der Waals surface area contributed by atoms with Gasteiger partial charge in [-0.3, -0.25) is 4.79 Å². The van der Waals surface area contributed by atoms with Crippen molar-refractivity contribution in [2.75, 3.05) is 25.4 Å². The summed E-state index contributed by atoms with van der Waals surface area (Å²) in [7, 11) is 0. The Morgan fingerprint density at radius 3 is 2.90 bits per heavy atom. The van der Waals surface area contributed by atoms with Gasteiger partial charge in [-0.1, -0.05) is 6.92 Å². The number of nitrogens with zero attached hydrogens (tertiary/aromatic N) is 1. The summed E-state index contributed by atoms with van der Waals surface area (Å²) in [4.78, 5) is 14.5. The van der Waals surface area contributed by atoms with Crippen LogP contribution in [0.5, 0.6) is 5.75 Å². The predicted molar refractivity (Wildman–Crippen MR) is 80.9 cm³/mol. The van der Waals surface area contributed by atoms with Crippen molar-refractivity contribution in [3.63, 3.8) is 0 Å². The van der Waals surface area contributed by atoms with Crippen LogP contribution in [0.4, 0.5) is 5.69 Å². The summed E-state index contributed by atoms with van der Waals surface area (Å²) in [5.74, 6) is 1.43. The molecule has 0 aliphatic carbocycles. The summed E-state index contributed by atoms with van der Waals surface area (Å²) < 4.78 is 5.40. The molecule has 1 aromatic carbocycles. The average molecular weight is 276 g/mol. The zero-order valence-corrected chi connectivity index (χ0v) is 12.4. The third-order valence-corrected chi connectivity index (χ3v) is 3.86. The minimum Gasteiger partial charge on any atom is -0.492 e. The van der Waals surface area contributed by atoms with Gasteiger partial charge >= 0.3 is 0 Å². The van der Waals surface area contributed by atoms with Crippen LogP contribution in [-0.2, 0) is 0 Å². The highest BCUT2D eigenvalue weighted by atomic mass is 16.5. The Balaban J connectivity index is 2.10. The SMILES string of the molecule is CCOc1ccc(C(=O)N2CCCC(C)CC2)cc1N. The number of benzene rings is 1. The van der Waals surface area contributed by atoms with Crippen molar-refractivity contribution in [1.29, 1.82) is 0 Å². The van der Waals surface area contributed by atoms with Crippen LogP contribution in [-0.4, -0.2) is 30.5 Å². The zero-order valence-electron chi connectivity index (χ0n) is 12.4. The van der Waals surface area contributed by atoms with Gasteiger partial charge in [-0.15, -0.1) is 0 Å². The molecule has 0 saturated carbocycles. The average Bonchev–Trinajstić information content (AvgIpc) is 2.65. The summed E-state index contributed by atoms with van der Waals surface area (Å²) >= 11 is 0. The van der Waals surface area contributed by atoms with Gasteiger partial charge in [-0.05, 0) is 50.3 Å². The third-order valence-electron chi connectivity index (χ3n) is 3.86. The number of carbonyl (C=O) groups is 1. The standard InChI is InChI=1S/C16H24N2O2/c1-3-20-15-7-6-13(11-14(15)17)16(19)18-9-4-5-12(2)8-10-18/h6-7,11-12H,3-5,8-10,17H2,1-2H3. The molecular weight excluding hydrogens is 252 g/mol. The maximum Gasteiger partial charge on any atom is 0.253 e. The number of hydrogen-bond donors (Lipinski definition) is 1. The van der Waals surface area contributed by atoms with Crippen molar-refractivity contribution >= 4 is 11.6 Å². The van der Waals surface area contributed by atoms with E-state index in [1.165, 1.54) is 6.42 Å². The highest BCUT2D eigenvalue weighted by molar-refractivity contribution is 5.95. The fourth-order valence-electron chi connectivity index (χ4n) is 2.62. The molecule has 0 spiro atoms. The maximum atomic E-state index is 12.5. The summed E-state index contributed by atoms with van der Waals surface area (Å²) in [5, 5.41) is 0. The molecule has 110 valence electrons. The largest absolute Gasteiger partial charge is 0.492 e. The number of anilines is 1. The van der Waals surface area contributed by atoms with Crippen LogP contribution in [0, 0.1) is 5.92 Å². The Morgan fingerprint density at radius 2 is 2.20 bits per heavy atom. The lowest BCUT2D eigenvalue weighted by Gasteiger charge is -2.21.